The highest BCUT2D eigenvalue weighted by molar-refractivity contribution is 7.88. The Morgan fingerprint density at radius 3 is 2.29 bits per heavy atom. The minimum atomic E-state index is -3.74. The van der Waals surface area contributed by atoms with Crippen LogP contribution in [0.15, 0.2) is 24.3 Å². The van der Waals surface area contributed by atoms with E-state index in [1.807, 2.05) is 6.92 Å². The fourth-order valence-electron chi connectivity index (χ4n) is 2.84. The number of rotatable bonds is 13. The van der Waals surface area contributed by atoms with Crippen molar-refractivity contribution in [3.05, 3.63) is 29.8 Å². The number of amides is 3. The van der Waals surface area contributed by atoms with E-state index in [1.165, 1.54) is 24.3 Å². The van der Waals surface area contributed by atoms with Crippen LogP contribution in [-0.4, -0.2) is 60.9 Å². The van der Waals surface area contributed by atoms with Crippen LogP contribution in [0.25, 0.3) is 0 Å². The molecule has 3 amide bonds. The van der Waals surface area contributed by atoms with Crippen LogP contribution in [0.4, 0.5) is 0 Å². The van der Waals surface area contributed by atoms with Crippen LogP contribution >= 0.6 is 0 Å². The third kappa shape index (κ3) is 10.8. The van der Waals surface area contributed by atoms with Crippen molar-refractivity contribution in [1.29, 1.82) is 0 Å². The lowest BCUT2D eigenvalue weighted by atomic mass is 10.0. The second-order valence-corrected chi connectivity index (χ2v) is 8.99. The first kappa shape index (κ1) is 26.3. The molecular formula is C19H30N4O7S. The first-order valence-electron chi connectivity index (χ1n) is 9.81. The Balaban J connectivity index is 2.80. The maximum atomic E-state index is 12.5. The summed E-state index contributed by atoms with van der Waals surface area (Å²) in [4.78, 5) is 35.7. The van der Waals surface area contributed by atoms with Crippen molar-refractivity contribution in [2.24, 2.45) is 5.92 Å². The molecule has 5 N–H and O–H groups in total. The fourth-order valence-corrected chi connectivity index (χ4v) is 3.55. The largest absolute Gasteiger partial charge is 0.508 e. The monoisotopic (exact) mass is 458 g/mol. The molecule has 0 aliphatic carbocycles. The molecule has 1 aromatic carbocycles. The van der Waals surface area contributed by atoms with Gasteiger partial charge in [-0.3, -0.25) is 30.4 Å². The summed E-state index contributed by atoms with van der Waals surface area (Å²) < 4.78 is 25.5. The fraction of sp³-hybridized carbons (Fsp3) is 0.526. The van der Waals surface area contributed by atoms with Crippen LogP contribution in [0.1, 0.15) is 38.2 Å². The van der Waals surface area contributed by atoms with Crippen LogP contribution in [0.5, 0.6) is 5.75 Å². The molecule has 0 bridgehead atoms. The Hall–Kier alpha value is -2.70. The highest BCUT2D eigenvalue weighted by Gasteiger charge is 2.25. The molecule has 0 unspecified atom stereocenters. The van der Waals surface area contributed by atoms with Gasteiger partial charge in [-0.1, -0.05) is 38.3 Å². The summed E-state index contributed by atoms with van der Waals surface area (Å²) in [5.74, 6) is -2.15. The van der Waals surface area contributed by atoms with Crippen LogP contribution in [0.3, 0.4) is 0 Å². The SMILES string of the molecule is CCCCC[C@H](CN(O)C=O)C(=O)NNC(=O)[C@H](Cc1ccc(O)cc1)NS(C)(=O)=O. The second kappa shape index (κ2) is 12.9. The predicted molar refractivity (Wildman–Crippen MR) is 112 cm³/mol. The zero-order chi connectivity index (χ0) is 23.4. The number of nitrogens with zero attached hydrogens (tertiary/aromatic N) is 1. The summed E-state index contributed by atoms with van der Waals surface area (Å²) in [6.07, 6.45) is 3.91. The third-order valence-corrected chi connectivity index (χ3v) is 5.13. The van der Waals surface area contributed by atoms with Crippen LogP contribution < -0.4 is 15.6 Å². The van der Waals surface area contributed by atoms with Crippen LogP contribution in [-0.2, 0) is 30.8 Å². The zero-order valence-corrected chi connectivity index (χ0v) is 18.4. The lowest BCUT2D eigenvalue weighted by Crippen LogP contribution is -2.54. The molecular weight excluding hydrogens is 428 g/mol. The molecule has 0 radical (unpaired) electrons. The molecule has 174 valence electrons. The summed E-state index contributed by atoms with van der Waals surface area (Å²) in [6.45, 7) is 1.75. The highest BCUT2D eigenvalue weighted by atomic mass is 32.2. The molecule has 0 aromatic heterocycles. The average molecular weight is 459 g/mol. The maximum Gasteiger partial charge on any atom is 0.256 e. The number of nitrogens with one attached hydrogen (secondary N) is 3. The third-order valence-electron chi connectivity index (χ3n) is 4.41. The van der Waals surface area contributed by atoms with Crippen LogP contribution in [0.2, 0.25) is 0 Å². The van der Waals surface area contributed by atoms with E-state index in [9.17, 15) is 33.1 Å². The van der Waals surface area contributed by atoms with Gasteiger partial charge in [0.1, 0.15) is 11.8 Å². The predicted octanol–water partition coefficient (Wildman–Crippen LogP) is 0.0440. The normalized spacial score (nSPS) is 13.1. The summed E-state index contributed by atoms with van der Waals surface area (Å²) >= 11 is 0. The van der Waals surface area contributed by atoms with Gasteiger partial charge in [-0.05, 0) is 30.5 Å². The number of carbonyl (C=O) groups is 3. The summed E-state index contributed by atoms with van der Waals surface area (Å²) in [5, 5.41) is 19.1. The minimum Gasteiger partial charge on any atom is -0.508 e. The van der Waals surface area contributed by atoms with Gasteiger partial charge in [0, 0.05) is 0 Å². The Morgan fingerprint density at radius 1 is 1.13 bits per heavy atom. The molecule has 0 saturated heterocycles. The van der Waals surface area contributed by atoms with Gasteiger partial charge in [-0.25, -0.2) is 18.2 Å². The van der Waals surface area contributed by atoms with Crippen molar-refractivity contribution in [2.45, 2.75) is 45.1 Å². The van der Waals surface area contributed by atoms with E-state index in [0.29, 0.717) is 23.5 Å². The van der Waals surface area contributed by atoms with Crippen molar-refractivity contribution < 1.29 is 33.1 Å². The number of hydrogen-bond acceptors (Lipinski definition) is 7. The summed E-state index contributed by atoms with van der Waals surface area (Å²) in [6, 6.07) is 4.67. The van der Waals surface area contributed by atoms with E-state index in [2.05, 4.69) is 15.6 Å². The smallest absolute Gasteiger partial charge is 0.256 e. The van der Waals surface area contributed by atoms with Crippen LogP contribution in [0, 0.1) is 5.92 Å². The lowest BCUT2D eigenvalue weighted by Gasteiger charge is -2.21. The number of phenolic OH excluding ortho intramolecular Hbond substituents is 1. The number of benzene rings is 1. The number of hydrazine groups is 1. The summed E-state index contributed by atoms with van der Waals surface area (Å²) in [7, 11) is -3.74. The lowest BCUT2D eigenvalue weighted by molar-refractivity contribution is -0.155. The Morgan fingerprint density at radius 2 is 1.74 bits per heavy atom. The number of aromatic hydroxyl groups is 1. The molecule has 0 saturated carbocycles. The first-order valence-corrected chi connectivity index (χ1v) is 11.7. The Bertz CT molecular complexity index is 830. The quantitative estimate of drug-likeness (QED) is 0.120. The van der Waals surface area contributed by atoms with Crippen molar-refractivity contribution in [2.75, 3.05) is 12.8 Å². The average Bonchev–Trinajstić information content (AvgIpc) is 2.71. The van der Waals surface area contributed by atoms with E-state index in [0.717, 1.165) is 19.1 Å². The maximum absolute atomic E-state index is 12.5. The second-order valence-electron chi connectivity index (χ2n) is 7.21. The number of unbranched alkanes of at least 4 members (excludes halogenated alkanes) is 2. The van der Waals surface area contributed by atoms with Gasteiger partial charge in [0.2, 0.25) is 22.3 Å². The number of hydroxylamine groups is 2. The van der Waals surface area contributed by atoms with Gasteiger partial charge in [-0.2, -0.15) is 0 Å². The first-order chi connectivity index (χ1) is 14.6. The van der Waals surface area contributed by atoms with E-state index in [4.69, 9.17) is 0 Å². The molecule has 0 aliphatic rings. The molecule has 11 nitrogen and oxygen atoms in total. The molecule has 0 heterocycles. The van der Waals surface area contributed by atoms with Gasteiger partial charge in [0.15, 0.2) is 0 Å². The molecule has 2 atom stereocenters. The molecule has 1 rings (SSSR count). The number of sulfonamides is 1. The number of carbonyl (C=O) groups excluding carboxylic acids is 3. The highest BCUT2D eigenvalue weighted by Crippen LogP contribution is 2.13. The number of phenols is 1. The van der Waals surface area contributed by atoms with E-state index in [1.54, 1.807) is 0 Å². The van der Waals surface area contributed by atoms with E-state index >= 15 is 0 Å². The van der Waals surface area contributed by atoms with Crippen molar-refractivity contribution in [1.82, 2.24) is 20.6 Å². The standard InChI is InChI=1S/C19H30N4O7S/c1-3-4-5-6-15(12-23(28)13-24)18(26)20-21-19(27)17(22-31(2,29)30)11-14-7-9-16(25)10-8-14/h7-10,13,15,17,22,25,28H,3-6,11-12H2,1-2H3,(H,20,26)(H,21,27)/t15-,17+/m1/s1. The Labute approximate surface area is 181 Å². The molecule has 0 spiro atoms. The molecule has 0 fully saturated rings. The van der Waals surface area contributed by atoms with E-state index < -0.39 is 33.8 Å². The van der Waals surface area contributed by atoms with Gasteiger partial charge >= 0.3 is 0 Å². The van der Waals surface area contributed by atoms with Gasteiger partial charge in [0.05, 0.1) is 18.7 Å². The topological polar surface area (TPSA) is 165 Å². The van der Waals surface area contributed by atoms with Gasteiger partial charge in [-0.15, -0.1) is 0 Å². The molecule has 1 aromatic rings. The summed E-state index contributed by atoms with van der Waals surface area (Å²) in [5.41, 5.74) is 5.01. The molecule has 0 aliphatic heterocycles. The van der Waals surface area contributed by atoms with Crippen molar-refractivity contribution in [3.8, 4) is 5.75 Å². The van der Waals surface area contributed by atoms with Crippen molar-refractivity contribution in [3.63, 3.8) is 0 Å². The van der Waals surface area contributed by atoms with Gasteiger partial charge in [0.25, 0.3) is 5.91 Å². The minimum absolute atomic E-state index is 0.0233. The van der Waals surface area contributed by atoms with Gasteiger partial charge < -0.3 is 5.11 Å². The Kier molecular flexibility index (Phi) is 10.9. The number of hydrogen-bond donors (Lipinski definition) is 5. The molecule has 12 heteroatoms. The van der Waals surface area contributed by atoms with Crippen molar-refractivity contribution >= 4 is 28.2 Å². The zero-order valence-electron chi connectivity index (χ0n) is 17.6. The molecule has 31 heavy (non-hydrogen) atoms. The van der Waals surface area contributed by atoms with E-state index in [-0.39, 0.29) is 25.1 Å².